The van der Waals surface area contributed by atoms with Gasteiger partial charge in [0.25, 0.3) is 5.91 Å². The van der Waals surface area contributed by atoms with Crippen LogP contribution < -0.4 is 5.32 Å². The number of hydrogen-bond donors (Lipinski definition) is 1. The summed E-state index contributed by atoms with van der Waals surface area (Å²) in [6.07, 6.45) is 5.68. The summed E-state index contributed by atoms with van der Waals surface area (Å²) < 4.78 is 11.7. The molecule has 7 nitrogen and oxygen atoms in total. The minimum Gasteiger partial charge on any atom is -0.382 e. The number of ether oxygens (including phenoxy) is 2. The van der Waals surface area contributed by atoms with Crippen molar-refractivity contribution in [1.29, 1.82) is 0 Å². The van der Waals surface area contributed by atoms with Gasteiger partial charge in [0, 0.05) is 19.3 Å². The molecule has 0 saturated heterocycles. The van der Waals surface area contributed by atoms with Crippen LogP contribution in [0.15, 0.2) is 23.2 Å². The topological polar surface area (TPSA) is 86.2 Å². The van der Waals surface area contributed by atoms with E-state index < -0.39 is 0 Å². The van der Waals surface area contributed by atoms with Gasteiger partial charge in [-0.15, -0.1) is 22.7 Å². The molecule has 0 atom stereocenters. The summed E-state index contributed by atoms with van der Waals surface area (Å²) in [6, 6.07) is 2.07. The second-order valence-corrected chi connectivity index (χ2v) is 8.51. The molecule has 0 aromatic carbocycles. The molecule has 3 aromatic rings. The third-order valence-electron chi connectivity index (χ3n) is 4.82. The number of carbonyl (C=O) groups is 1. The van der Waals surface area contributed by atoms with Crippen LogP contribution in [0.2, 0.25) is 0 Å². The van der Waals surface area contributed by atoms with Crippen molar-refractivity contribution in [3.63, 3.8) is 0 Å². The van der Waals surface area contributed by atoms with Gasteiger partial charge in [0.1, 0.15) is 5.69 Å². The molecule has 28 heavy (non-hydrogen) atoms. The maximum atomic E-state index is 13.0. The quantitative estimate of drug-likeness (QED) is 0.591. The third kappa shape index (κ3) is 4.38. The molecular formula is C19H22N4O3S2. The van der Waals surface area contributed by atoms with Gasteiger partial charge < -0.3 is 14.8 Å². The zero-order valence-corrected chi connectivity index (χ0v) is 17.2. The normalized spacial score (nSPS) is 19.8. The van der Waals surface area contributed by atoms with E-state index in [2.05, 4.69) is 20.3 Å². The van der Waals surface area contributed by atoms with E-state index in [-0.39, 0.29) is 18.1 Å². The first-order chi connectivity index (χ1) is 13.7. The summed E-state index contributed by atoms with van der Waals surface area (Å²) in [4.78, 5) is 27.1. The first-order valence-corrected chi connectivity index (χ1v) is 11.1. The molecule has 4 rings (SSSR count). The lowest BCUT2D eigenvalue weighted by molar-refractivity contribution is -0.00408. The maximum absolute atomic E-state index is 13.0. The summed E-state index contributed by atoms with van der Waals surface area (Å²) in [5.41, 5.74) is 2.98. The molecule has 0 radical (unpaired) electrons. The minimum atomic E-state index is -0.135. The van der Waals surface area contributed by atoms with E-state index >= 15 is 0 Å². The molecular weight excluding hydrogens is 396 g/mol. The Hall–Kier alpha value is -1.94. The maximum Gasteiger partial charge on any atom is 0.271 e. The molecule has 0 bridgehead atoms. The number of thiophene rings is 1. The molecule has 3 heterocycles. The highest BCUT2D eigenvalue weighted by molar-refractivity contribution is 7.17. The largest absolute Gasteiger partial charge is 0.382 e. The van der Waals surface area contributed by atoms with E-state index in [9.17, 15) is 4.79 Å². The molecule has 9 heteroatoms. The van der Waals surface area contributed by atoms with E-state index in [1.165, 1.54) is 22.7 Å². The van der Waals surface area contributed by atoms with Crippen LogP contribution in [-0.2, 0) is 9.47 Å². The van der Waals surface area contributed by atoms with Gasteiger partial charge in [0.15, 0.2) is 5.82 Å². The van der Waals surface area contributed by atoms with Crippen molar-refractivity contribution in [3.05, 3.63) is 28.8 Å². The van der Waals surface area contributed by atoms with Crippen molar-refractivity contribution in [2.45, 2.75) is 37.8 Å². The van der Waals surface area contributed by atoms with Crippen LogP contribution in [0.25, 0.3) is 20.9 Å². The summed E-state index contributed by atoms with van der Waals surface area (Å²) in [6.45, 7) is 1.24. The van der Waals surface area contributed by atoms with Crippen molar-refractivity contribution in [2.75, 3.05) is 20.3 Å². The number of nitrogens with zero attached hydrogens (tertiary/aromatic N) is 3. The Labute approximate surface area is 171 Å². The molecule has 1 aliphatic carbocycles. The summed E-state index contributed by atoms with van der Waals surface area (Å²) in [7, 11) is 1.67. The molecule has 148 valence electrons. The zero-order chi connectivity index (χ0) is 19.3. The number of rotatable bonds is 7. The number of methoxy groups -OCH3 is 1. The van der Waals surface area contributed by atoms with Crippen LogP contribution in [0.4, 0.5) is 0 Å². The van der Waals surface area contributed by atoms with Gasteiger partial charge in [-0.3, -0.25) is 9.78 Å². The van der Waals surface area contributed by atoms with E-state index in [0.29, 0.717) is 24.7 Å². The SMILES string of the molecule is COCCOC1CCC(NC(=O)c2nc(-c3cncs3)nc3ccsc23)CC1. The Kier molecular flexibility index (Phi) is 6.26. The zero-order valence-electron chi connectivity index (χ0n) is 15.6. The lowest BCUT2D eigenvalue weighted by Gasteiger charge is -2.29. The molecule has 1 N–H and O–H groups in total. The fourth-order valence-electron chi connectivity index (χ4n) is 3.38. The molecule has 1 saturated carbocycles. The van der Waals surface area contributed by atoms with E-state index in [4.69, 9.17) is 9.47 Å². The highest BCUT2D eigenvalue weighted by atomic mass is 32.1. The molecule has 0 spiro atoms. The minimum absolute atomic E-state index is 0.135. The molecule has 0 unspecified atom stereocenters. The number of amides is 1. The summed E-state index contributed by atoms with van der Waals surface area (Å²) in [5, 5.41) is 5.10. The van der Waals surface area contributed by atoms with Crippen LogP contribution in [0.3, 0.4) is 0 Å². The lowest BCUT2D eigenvalue weighted by Crippen LogP contribution is -2.39. The van der Waals surface area contributed by atoms with Gasteiger partial charge in [0.2, 0.25) is 0 Å². The first kappa shape index (κ1) is 19.4. The summed E-state index contributed by atoms with van der Waals surface area (Å²) >= 11 is 2.96. The van der Waals surface area contributed by atoms with Crippen LogP contribution in [0, 0.1) is 0 Å². The number of carbonyl (C=O) groups excluding carboxylic acids is 1. The highest BCUT2D eigenvalue weighted by Gasteiger charge is 2.25. The average Bonchev–Trinajstić information content (AvgIpc) is 3.40. The molecule has 1 aliphatic rings. The number of hydrogen-bond acceptors (Lipinski definition) is 8. The van der Waals surface area contributed by atoms with Crippen molar-refractivity contribution in [1.82, 2.24) is 20.3 Å². The van der Waals surface area contributed by atoms with Gasteiger partial charge in [0.05, 0.1) is 39.9 Å². The monoisotopic (exact) mass is 418 g/mol. The fourth-order valence-corrected chi connectivity index (χ4v) is 4.75. The standard InChI is InChI=1S/C19H22N4O3S2/c1-25-7-8-26-13-4-2-12(3-5-13)21-19(24)16-17-14(6-9-27-17)22-18(23-16)15-10-20-11-28-15/h6,9-13H,2-5,7-8H2,1H3,(H,21,24). The van der Waals surface area contributed by atoms with Crippen molar-refractivity contribution >= 4 is 38.8 Å². The first-order valence-electron chi connectivity index (χ1n) is 9.30. The van der Waals surface area contributed by atoms with Crippen molar-refractivity contribution in [3.8, 4) is 10.7 Å². The Bertz CT molecular complexity index is 921. The van der Waals surface area contributed by atoms with E-state index in [1.807, 2.05) is 11.4 Å². The number of fused-ring (bicyclic) bond motifs is 1. The lowest BCUT2D eigenvalue weighted by atomic mass is 9.93. The third-order valence-corrected chi connectivity index (χ3v) is 6.50. The second kappa shape index (κ2) is 9.04. The predicted octanol–water partition coefficient (Wildman–Crippen LogP) is 3.52. The predicted molar refractivity (Wildman–Crippen MR) is 110 cm³/mol. The second-order valence-electron chi connectivity index (χ2n) is 6.71. The van der Waals surface area contributed by atoms with Gasteiger partial charge >= 0.3 is 0 Å². The smallest absolute Gasteiger partial charge is 0.271 e. The van der Waals surface area contributed by atoms with Gasteiger partial charge in [-0.05, 0) is 37.1 Å². The summed E-state index contributed by atoms with van der Waals surface area (Å²) in [5.74, 6) is 0.415. The molecule has 1 amide bonds. The van der Waals surface area contributed by atoms with Crippen LogP contribution in [-0.4, -0.2) is 53.3 Å². The number of thiazole rings is 1. The Morgan fingerprint density at radius 3 is 2.82 bits per heavy atom. The fraction of sp³-hybridized carbons (Fsp3) is 0.474. The Balaban J connectivity index is 1.44. The molecule has 0 aliphatic heterocycles. The van der Waals surface area contributed by atoms with Crippen LogP contribution >= 0.6 is 22.7 Å². The molecule has 1 fully saturated rings. The van der Waals surface area contributed by atoms with E-state index in [1.54, 1.807) is 18.8 Å². The average molecular weight is 419 g/mol. The van der Waals surface area contributed by atoms with Crippen LogP contribution in [0.1, 0.15) is 36.2 Å². The molecule has 3 aromatic heterocycles. The number of aromatic nitrogens is 3. The van der Waals surface area contributed by atoms with Crippen molar-refractivity contribution in [2.24, 2.45) is 0 Å². The van der Waals surface area contributed by atoms with Gasteiger partial charge in [-0.1, -0.05) is 0 Å². The van der Waals surface area contributed by atoms with Gasteiger partial charge in [-0.25, -0.2) is 9.97 Å². The van der Waals surface area contributed by atoms with Crippen molar-refractivity contribution < 1.29 is 14.3 Å². The van der Waals surface area contributed by atoms with Gasteiger partial charge in [-0.2, -0.15) is 0 Å². The number of nitrogens with one attached hydrogen (secondary N) is 1. The van der Waals surface area contributed by atoms with E-state index in [0.717, 1.165) is 40.8 Å². The Morgan fingerprint density at radius 1 is 1.21 bits per heavy atom. The van der Waals surface area contributed by atoms with Crippen LogP contribution in [0.5, 0.6) is 0 Å². The highest BCUT2D eigenvalue weighted by Crippen LogP contribution is 2.28. The Morgan fingerprint density at radius 2 is 2.07 bits per heavy atom.